The van der Waals surface area contributed by atoms with Gasteiger partial charge in [-0.1, -0.05) is 24.3 Å². The third-order valence-corrected chi connectivity index (χ3v) is 6.78. The van der Waals surface area contributed by atoms with Crippen LogP contribution in [-0.2, 0) is 6.54 Å². The Balaban J connectivity index is 1.47. The smallest absolute Gasteiger partial charge is 0.161 e. The quantitative estimate of drug-likeness (QED) is 0.383. The maximum Gasteiger partial charge on any atom is 0.161 e. The van der Waals surface area contributed by atoms with Crippen LogP contribution in [0.15, 0.2) is 72.9 Å². The molecular weight excluding hydrogens is 436 g/mol. The lowest BCUT2D eigenvalue weighted by molar-refractivity contribution is 0.313. The molecule has 0 N–H and O–H groups in total. The zero-order valence-corrected chi connectivity index (χ0v) is 20.1. The molecule has 2 aromatic heterocycles. The standard InChI is InChI=1S/C28H28N6O/c1-32-13-15-33(16-14-32)21-9-12-25-27(17-21)34(19-20-7-10-22(35-2)11-8-20)28(31-25)26-18-29-23-5-3-4-6-24(23)30-26/h3-12,17-18H,13-16,19H2,1-2H3. The van der Waals surface area contributed by atoms with Crippen molar-refractivity contribution in [1.29, 1.82) is 0 Å². The van der Waals surface area contributed by atoms with E-state index in [4.69, 9.17) is 14.7 Å². The molecule has 3 aromatic carbocycles. The van der Waals surface area contributed by atoms with Gasteiger partial charge in [-0.05, 0) is 55.1 Å². The van der Waals surface area contributed by atoms with E-state index in [-0.39, 0.29) is 0 Å². The van der Waals surface area contributed by atoms with Gasteiger partial charge in [0.25, 0.3) is 0 Å². The molecule has 1 saturated heterocycles. The number of para-hydroxylation sites is 2. The SMILES string of the molecule is COc1ccc(Cn2c(-c3cnc4ccccc4n3)nc3ccc(N4CCN(C)CC4)cc32)cc1. The monoisotopic (exact) mass is 464 g/mol. The Hall–Kier alpha value is -3.97. The van der Waals surface area contributed by atoms with Crippen LogP contribution in [0.1, 0.15) is 5.56 Å². The van der Waals surface area contributed by atoms with Gasteiger partial charge in [0.05, 0.1) is 35.4 Å². The largest absolute Gasteiger partial charge is 0.497 e. The van der Waals surface area contributed by atoms with Crippen molar-refractivity contribution < 1.29 is 4.74 Å². The van der Waals surface area contributed by atoms with Crippen LogP contribution in [0, 0.1) is 0 Å². The molecule has 7 heteroatoms. The average molecular weight is 465 g/mol. The highest BCUT2D eigenvalue weighted by atomic mass is 16.5. The average Bonchev–Trinajstić information content (AvgIpc) is 3.26. The number of ether oxygens (including phenoxy) is 1. The predicted octanol–water partition coefficient (Wildman–Crippen LogP) is 4.46. The summed E-state index contributed by atoms with van der Waals surface area (Å²) in [5.41, 5.74) is 6.98. The van der Waals surface area contributed by atoms with Crippen molar-refractivity contribution in [3.8, 4) is 17.3 Å². The number of nitrogens with zero attached hydrogens (tertiary/aromatic N) is 6. The molecule has 1 aliphatic rings. The molecule has 0 radical (unpaired) electrons. The van der Waals surface area contributed by atoms with Crippen LogP contribution in [0.5, 0.6) is 5.75 Å². The highest BCUT2D eigenvalue weighted by Gasteiger charge is 2.19. The van der Waals surface area contributed by atoms with Gasteiger partial charge < -0.3 is 19.1 Å². The van der Waals surface area contributed by atoms with E-state index < -0.39 is 0 Å². The topological polar surface area (TPSA) is 59.3 Å². The Kier molecular flexibility index (Phi) is 5.54. The van der Waals surface area contributed by atoms with Crippen LogP contribution in [0.3, 0.4) is 0 Å². The number of hydrogen-bond donors (Lipinski definition) is 0. The summed E-state index contributed by atoms with van der Waals surface area (Å²) in [6, 6.07) is 22.7. The van der Waals surface area contributed by atoms with Crippen molar-refractivity contribution in [1.82, 2.24) is 24.4 Å². The molecule has 0 saturated carbocycles. The summed E-state index contributed by atoms with van der Waals surface area (Å²) in [6.45, 7) is 4.87. The van der Waals surface area contributed by atoms with Crippen molar-refractivity contribution in [2.24, 2.45) is 0 Å². The molecule has 0 bridgehead atoms. The van der Waals surface area contributed by atoms with E-state index in [0.29, 0.717) is 6.54 Å². The Morgan fingerprint density at radius 2 is 1.60 bits per heavy atom. The first-order chi connectivity index (χ1) is 17.2. The Bertz CT molecular complexity index is 1490. The van der Waals surface area contributed by atoms with Crippen molar-refractivity contribution in [2.45, 2.75) is 6.54 Å². The molecule has 0 atom stereocenters. The normalized spacial score (nSPS) is 14.6. The van der Waals surface area contributed by atoms with E-state index >= 15 is 0 Å². The van der Waals surface area contributed by atoms with Crippen molar-refractivity contribution in [3.63, 3.8) is 0 Å². The Labute approximate surface area is 204 Å². The molecule has 7 nitrogen and oxygen atoms in total. The summed E-state index contributed by atoms with van der Waals surface area (Å²) in [4.78, 5) is 19.4. The van der Waals surface area contributed by atoms with Gasteiger partial charge in [-0.3, -0.25) is 4.98 Å². The number of imidazole rings is 1. The summed E-state index contributed by atoms with van der Waals surface area (Å²) in [7, 11) is 3.87. The van der Waals surface area contributed by atoms with Gasteiger partial charge in [0.15, 0.2) is 5.82 Å². The van der Waals surface area contributed by atoms with Crippen LogP contribution in [-0.4, -0.2) is 64.8 Å². The molecule has 0 amide bonds. The number of likely N-dealkylation sites (N-methyl/N-ethyl adjacent to an activating group) is 1. The van der Waals surface area contributed by atoms with E-state index in [1.54, 1.807) is 7.11 Å². The van der Waals surface area contributed by atoms with Crippen LogP contribution in [0.4, 0.5) is 5.69 Å². The van der Waals surface area contributed by atoms with Crippen LogP contribution in [0.25, 0.3) is 33.6 Å². The Morgan fingerprint density at radius 1 is 0.829 bits per heavy atom. The zero-order chi connectivity index (χ0) is 23.8. The third kappa shape index (κ3) is 4.19. The van der Waals surface area contributed by atoms with Gasteiger partial charge in [-0.15, -0.1) is 0 Å². The molecule has 1 aliphatic heterocycles. The van der Waals surface area contributed by atoms with Gasteiger partial charge in [0.2, 0.25) is 0 Å². The molecule has 176 valence electrons. The fourth-order valence-corrected chi connectivity index (χ4v) is 4.71. The highest BCUT2D eigenvalue weighted by Crippen LogP contribution is 2.29. The highest BCUT2D eigenvalue weighted by molar-refractivity contribution is 5.84. The van der Waals surface area contributed by atoms with Gasteiger partial charge in [0, 0.05) is 38.4 Å². The fourth-order valence-electron chi connectivity index (χ4n) is 4.71. The zero-order valence-electron chi connectivity index (χ0n) is 20.1. The number of rotatable bonds is 5. The van der Waals surface area contributed by atoms with E-state index in [9.17, 15) is 0 Å². The summed E-state index contributed by atoms with van der Waals surface area (Å²) >= 11 is 0. The maximum atomic E-state index is 5.35. The molecular formula is C28H28N6O. The molecule has 1 fully saturated rings. The fraction of sp³-hybridized carbons (Fsp3) is 0.250. The van der Waals surface area contributed by atoms with E-state index in [1.807, 2.05) is 42.6 Å². The lowest BCUT2D eigenvalue weighted by atomic mass is 10.2. The third-order valence-electron chi connectivity index (χ3n) is 6.78. The number of fused-ring (bicyclic) bond motifs is 2. The predicted molar refractivity (Wildman–Crippen MR) is 140 cm³/mol. The van der Waals surface area contributed by atoms with Crippen molar-refractivity contribution >= 4 is 27.8 Å². The van der Waals surface area contributed by atoms with E-state index in [1.165, 1.54) is 11.3 Å². The van der Waals surface area contributed by atoms with Crippen LogP contribution >= 0.6 is 0 Å². The Morgan fingerprint density at radius 3 is 2.37 bits per heavy atom. The second-order valence-corrected chi connectivity index (χ2v) is 9.08. The first kappa shape index (κ1) is 21.6. The maximum absolute atomic E-state index is 5.35. The van der Waals surface area contributed by atoms with Crippen LogP contribution in [0.2, 0.25) is 0 Å². The molecule has 0 unspecified atom stereocenters. The molecule has 0 spiro atoms. The molecule has 0 aliphatic carbocycles. The molecule has 5 aromatic rings. The number of methoxy groups -OCH3 is 1. The summed E-state index contributed by atoms with van der Waals surface area (Å²) in [6.07, 6.45) is 1.83. The number of benzene rings is 3. The summed E-state index contributed by atoms with van der Waals surface area (Å²) in [5.74, 6) is 1.67. The van der Waals surface area contributed by atoms with Gasteiger partial charge in [-0.25, -0.2) is 9.97 Å². The summed E-state index contributed by atoms with van der Waals surface area (Å²) in [5, 5.41) is 0. The minimum atomic E-state index is 0.677. The number of piperazine rings is 1. The molecule has 35 heavy (non-hydrogen) atoms. The lowest BCUT2D eigenvalue weighted by Crippen LogP contribution is -2.44. The number of anilines is 1. The second-order valence-electron chi connectivity index (χ2n) is 9.08. The van der Waals surface area contributed by atoms with Crippen molar-refractivity contribution in [3.05, 3.63) is 78.5 Å². The minimum Gasteiger partial charge on any atom is -0.497 e. The van der Waals surface area contributed by atoms with Crippen molar-refractivity contribution in [2.75, 3.05) is 45.2 Å². The first-order valence-corrected chi connectivity index (χ1v) is 12.0. The van der Waals surface area contributed by atoms with Gasteiger partial charge >= 0.3 is 0 Å². The van der Waals surface area contributed by atoms with E-state index in [2.05, 4.69) is 56.7 Å². The molecule has 6 rings (SSSR count). The first-order valence-electron chi connectivity index (χ1n) is 12.0. The molecule has 3 heterocycles. The van der Waals surface area contributed by atoms with Gasteiger partial charge in [0.1, 0.15) is 11.4 Å². The number of hydrogen-bond acceptors (Lipinski definition) is 6. The van der Waals surface area contributed by atoms with Gasteiger partial charge in [-0.2, -0.15) is 0 Å². The second kappa shape index (κ2) is 9.00. The summed E-state index contributed by atoms with van der Waals surface area (Å²) < 4.78 is 7.61. The van der Waals surface area contributed by atoms with E-state index in [0.717, 1.165) is 65.5 Å². The lowest BCUT2D eigenvalue weighted by Gasteiger charge is -2.34. The van der Waals surface area contributed by atoms with Crippen LogP contribution < -0.4 is 9.64 Å². The number of aromatic nitrogens is 4. The minimum absolute atomic E-state index is 0.677.